The predicted octanol–water partition coefficient (Wildman–Crippen LogP) is 6.11. The van der Waals surface area contributed by atoms with Crippen molar-refractivity contribution in [1.82, 2.24) is 10.2 Å². The van der Waals surface area contributed by atoms with Crippen molar-refractivity contribution in [2.45, 2.75) is 75.9 Å². The molecule has 1 saturated carbocycles. The van der Waals surface area contributed by atoms with Gasteiger partial charge in [0, 0.05) is 12.6 Å². The minimum atomic E-state index is -4.19. The lowest BCUT2D eigenvalue weighted by Gasteiger charge is -2.34. The maximum Gasteiger partial charge on any atom is 0.264 e. The molecule has 230 valence electrons. The number of anilines is 1. The normalized spacial score (nSPS) is 14.5. The van der Waals surface area contributed by atoms with E-state index in [9.17, 15) is 18.0 Å². The summed E-state index contributed by atoms with van der Waals surface area (Å²) in [4.78, 5) is 29.5. The number of nitrogens with zero attached hydrogens (tertiary/aromatic N) is 2. The Bertz CT molecular complexity index is 1510. The zero-order valence-electron chi connectivity index (χ0n) is 25.0. The summed E-state index contributed by atoms with van der Waals surface area (Å²) in [5, 5.41) is 3.38. The van der Waals surface area contributed by atoms with Gasteiger partial charge in [0.1, 0.15) is 18.3 Å². The molecule has 4 rings (SSSR count). The summed E-state index contributed by atoms with van der Waals surface area (Å²) in [7, 11) is -2.72. The molecule has 3 aromatic rings. The molecule has 0 radical (unpaired) electrons. The summed E-state index contributed by atoms with van der Waals surface area (Å²) in [6.45, 7) is 3.45. The van der Waals surface area contributed by atoms with Crippen LogP contribution in [-0.2, 0) is 26.2 Å². The van der Waals surface area contributed by atoms with Crippen LogP contribution in [-0.4, -0.2) is 50.9 Å². The number of halogens is 1. The minimum Gasteiger partial charge on any atom is -0.495 e. The quantitative estimate of drug-likeness (QED) is 0.262. The van der Waals surface area contributed by atoms with Gasteiger partial charge in [-0.1, -0.05) is 80.3 Å². The highest BCUT2D eigenvalue weighted by molar-refractivity contribution is 7.92. The van der Waals surface area contributed by atoms with Crippen LogP contribution in [0.1, 0.15) is 56.6 Å². The summed E-state index contributed by atoms with van der Waals surface area (Å²) in [6.07, 6.45) is 5.47. The second-order valence-electron chi connectivity index (χ2n) is 10.9. The van der Waals surface area contributed by atoms with Crippen molar-refractivity contribution in [3.8, 4) is 5.75 Å². The molecule has 0 heterocycles. The number of carbonyl (C=O) groups is 2. The molecule has 0 unspecified atom stereocenters. The van der Waals surface area contributed by atoms with Gasteiger partial charge in [0.05, 0.1) is 22.7 Å². The van der Waals surface area contributed by atoms with Crippen LogP contribution in [0.25, 0.3) is 0 Å². The molecular weight excluding hydrogens is 586 g/mol. The second kappa shape index (κ2) is 14.8. The van der Waals surface area contributed by atoms with Gasteiger partial charge < -0.3 is 15.0 Å². The first-order chi connectivity index (χ1) is 20.6. The molecule has 0 spiro atoms. The van der Waals surface area contributed by atoms with Crippen LogP contribution in [0.3, 0.4) is 0 Å². The van der Waals surface area contributed by atoms with Crippen LogP contribution in [0.15, 0.2) is 77.7 Å². The Kier molecular flexibility index (Phi) is 11.1. The van der Waals surface area contributed by atoms with Crippen molar-refractivity contribution < 1.29 is 22.7 Å². The van der Waals surface area contributed by atoms with Crippen molar-refractivity contribution in [2.75, 3.05) is 18.0 Å². The summed E-state index contributed by atoms with van der Waals surface area (Å²) in [6, 6.07) is 19.5. The standard InChI is InChI=1S/C33H40ClN3O5S/c1-4-30(33(39)35-26-15-7-5-8-16-26)36(22-25-14-12-11-13-24(25)2)32(38)23-37(27-19-20-31(42-3)29(34)21-27)43(40,41)28-17-9-6-10-18-28/h6,9-14,17-21,26,30H,4-5,7-8,15-16,22-23H2,1-3H3,(H,35,39)/t30-/m0/s1. The number of amides is 2. The van der Waals surface area contributed by atoms with Gasteiger partial charge in [0.2, 0.25) is 11.8 Å². The Morgan fingerprint density at radius 2 is 1.67 bits per heavy atom. The van der Waals surface area contributed by atoms with E-state index in [4.69, 9.17) is 16.3 Å². The van der Waals surface area contributed by atoms with Crippen LogP contribution < -0.4 is 14.4 Å². The van der Waals surface area contributed by atoms with Gasteiger partial charge in [-0.3, -0.25) is 13.9 Å². The fourth-order valence-corrected chi connectivity index (χ4v) is 7.17. The molecule has 1 aliphatic rings. The van der Waals surface area contributed by atoms with Crippen molar-refractivity contribution in [2.24, 2.45) is 0 Å². The fraction of sp³-hybridized carbons (Fsp3) is 0.394. The molecule has 2 amide bonds. The van der Waals surface area contributed by atoms with Gasteiger partial charge in [0.25, 0.3) is 10.0 Å². The van der Waals surface area contributed by atoms with E-state index in [0.717, 1.165) is 47.5 Å². The fourth-order valence-electron chi connectivity index (χ4n) is 5.49. The lowest BCUT2D eigenvalue weighted by atomic mass is 9.95. The predicted molar refractivity (Wildman–Crippen MR) is 170 cm³/mol. The van der Waals surface area contributed by atoms with Crippen LogP contribution >= 0.6 is 11.6 Å². The van der Waals surface area contributed by atoms with E-state index in [1.165, 1.54) is 30.2 Å². The number of rotatable bonds is 12. The molecule has 3 aromatic carbocycles. The van der Waals surface area contributed by atoms with Crippen molar-refractivity contribution in [3.05, 3.63) is 88.9 Å². The largest absolute Gasteiger partial charge is 0.495 e. The third-order valence-corrected chi connectivity index (χ3v) is 10.1. The Morgan fingerprint density at radius 1 is 1.00 bits per heavy atom. The van der Waals surface area contributed by atoms with Gasteiger partial charge in [-0.2, -0.15) is 0 Å². The third-order valence-electron chi connectivity index (χ3n) is 7.97. The van der Waals surface area contributed by atoms with Crippen molar-refractivity contribution in [3.63, 3.8) is 0 Å². The Hall–Kier alpha value is -3.56. The minimum absolute atomic E-state index is 0.0299. The molecule has 1 aliphatic carbocycles. The number of hydrogen-bond acceptors (Lipinski definition) is 5. The summed E-state index contributed by atoms with van der Waals surface area (Å²) < 4.78 is 34.3. The lowest BCUT2D eigenvalue weighted by Crippen LogP contribution is -2.54. The number of sulfonamides is 1. The smallest absolute Gasteiger partial charge is 0.264 e. The third kappa shape index (κ3) is 7.89. The highest BCUT2D eigenvalue weighted by Gasteiger charge is 2.34. The summed E-state index contributed by atoms with van der Waals surface area (Å²) in [5.74, 6) is -0.345. The van der Waals surface area contributed by atoms with Gasteiger partial charge in [0.15, 0.2) is 0 Å². The van der Waals surface area contributed by atoms with E-state index in [0.29, 0.717) is 12.2 Å². The van der Waals surface area contributed by atoms with Gasteiger partial charge >= 0.3 is 0 Å². The molecule has 1 N–H and O–H groups in total. The highest BCUT2D eigenvalue weighted by Crippen LogP contribution is 2.32. The summed E-state index contributed by atoms with van der Waals surface area (Å²) >= 11 is 6.41. The van der Waals surface area contributed by atoms with E-state index in [2.05, 4.69) is 5.32 Å². The number of hydrogen-bond donors (Lipinski definition) is 1. The SMILES string of the molecule is CC[C@@H](C(=O)NC1CCCCC1)N(Cc1ccccc1C)C(=O)CN(c1ccc(OC)c(Cl)c1)S(=O)(=O)c1ccccc1. The van der Waals surface area contributed by atoms with E-state index >= 15 is 0 Å². The molecule has 1 fully saturated rings. The van der Waals surface area contributed by atoms with E-state index in [1.807, 2.05) is 38.1 Å². The van der Waals surface area contributed by atoms with Gasteiger partial charge in [-0.15, -0.1) is 0 Å². The van der Waals surface area contributed by atoms with Crippen LogP contribution in [0.4, 0.5) is 5.69 Å². The Morgan fingerprint density at radius 3 is 2.30 bits per heavy atom. The molecule has 10 heteroatoms. The number of aryl methyl sites for hydroxylation is 1. The zero-order valence-corrected chi connectivity index (χ0v) is 26.5. The van der Waals surface area contributed by atoms with Gasteiger partial charge in [-0.25, -0.2) is 8.42 Å². The average Bonchev–Trinajstić information content (AvgIpc) is 3.01. The number of ether oxygens (including phenoxy) is 1. The van der Waals surface area contributed by atoms with E-state index in [1.54, 1.807) is 30.3 Å². The van der Waals surface area contributed by atoms with E-state index < -0.39 is 28.5 Å². The zero-order chi connectivity index (χ0) is 31.0. The number of carbonyl (C=O) groups excluding carboxylic acids is 2. The van der Waals surface area contributed by atoms with Crippen LogP contribution in [0, 0.1) is 6.92 Å². The summed E-state index contributed by atoms with van der Waals surface area (Å²) in [5.41, 5.74) is 2.06. The van der Waals surface area contributed by atoms with Crippen molar-refractivity contribution in [1.29, 1.82) is 0 Å². The molecule has 8 nitrogen and oxygen atoms in total. The number of methoxy groups -OCH3 is 1. The van der Waals surface area contributed by atoms with Crippen molar-refractivity contribution >= 4 is 39.1 Å². The van der Waals surface area contributed by atoms with Crippen LogP contribution in [0.2, 0.25) is 5.02 Å². The molecule has 1 atom stereocenters. The molecule has 43 heavy (non-hydrogen) atoms. The first-order valence-electron chi connectivity index (χ1n) is 14.7. The number of benzene rings is 3. The Labute approximate surface area is 260 Å². The monoisotopic (exact) mass is 625 g/mol. The maximum absolute atomic E-state index is 14.3. The Balaban J connectivity index is 1.73. The molecule has 0 aromatic heterocycles. The first kappa shape index (κ1) is 32.4. The average molecular weight is 626 g/mol. The number of nitrogens with one attached hydrogen (secondary N) is 1. The topological polar surface area (TPSA) is 96.0 Å². The highest BCUT2D eigenvalue weighted by atomic mass is 35.5. The molecule has 0 aliphatic heterocycles. The molecule has 0 bridgehead atoms. The van der Waals surface area contributed by atoms with Gasteiger partial charge in [-0.05, 0) is 67.6 Å². The first-order valence-corrected chi connectivity index (χ1v) is 16.5. The maximum atomic E-state index is 14.3. The van der Waals surface area contributed by atoms with E-state index in [-0.39, 0.29) is 34.1 Å². The molecule has 0 saturated heterocycles. The second-order valence-corrected chi connectivity index (χ2v) is 13.1. The van der Waals surface area contributed by atoms with Crippen LogP contribution in [0.5, 0.6) is 5.75 Å². The molecular formula is C33H40ClN3O5S. The lowest BCUT2D eigenvalue weighted by molar-refractivity contribution is -0.140.